The van der Waals surface area contributed by atoms with Crippen LogP contribution in [-0.4, -0.2) is 4.98 Å². The monoisotopic (exact) mass is 427 g/mol. The Bertz CT molecular complexity index is 1320. The zero-order chi connectivity index (χ0) is 22.9. The molecule has 0 saturated heterocycles. The minimum Gasteiger partial charge on any atom is -0.248 e. The van der Waals surface area contributed by atoms with Crippen LogP contribution in [-0.2, 0) is 0 Å². The fourth-order valence-corrected chi connectivity index (χ4v) is 4.63. The van der Waals surface area contributed by atoms with Gasteiger partial charge in [0, 0.05) is 11.1 Å². The Morgan fingerprint density at radius 3 is 1.67 bits per heavy atom. The van der Waals surface area contributed by atoms with Crippen molar-refractivity contribution >= 4 is 0 Å². The first-order chi connectivity index (χ1) is 16.0. The summed E-state index contributed by atoms with van der Waals surface area (Å²) >= 11 is 0. The third-order valence-corrected chi connectivity index (χ3v) is 6.50. The maximum atomic E-state index is 5.06. The molecule has 0 atom stereocenters. The average Bonchev–Trinajstić information content (AvgIpc) is 3.07. The average molecular weight is 428 g/mol. The number of benzene rings is 2. The van der Waals surface area contributed by atoms with Crippen molar-refractivity contribution in [2.24, 2.45) is 0 Å². The van der Waals surface area contributed by atoms with E-state index in [1.807, 2.05) is 0 Å². The van der Waals surface area contributed by atoms with E-state index in [0.29, 0.717) is 5.92 Å². The molecule has 0 spiro atoms. The van der Waals surface area contributed by atoms with Crippen LogP contribution in [0, 0.1) is 13.8 Å². The summed E-state index contributed by atoms with van der Waals surface area (Å²) in [5.41, 5.74) is 13.4. The van der Waals surface area contributed by atoms with Crippen LogP contribution in [0.4, 0.5) is 0 Å². The second-order valence-electron chi connectivity index (χ2n) is 9.20. The molecule has 2 aromatic carbocycles. The van der Waals surface area contributed by atoms with Crippen molar-refractivity contribution in [3.05, 3.63) is 114 Å². The summed E-state index contributed by atoms with van der Waals surface area (Å²) in [6.07, 6.45) is 0. The minimum atomic E-state index is 0.494. The van der Waals surface area contributed by atoms with E-state index in [4.69, 9.17) is 4.98 Å². The van der Waals surface area contributed by atoms with Gasteiger partial charge in [0.2, 0.25) is 0 Å². The predicted octanol–water partition coefficient (Wildman–Crippen LogP) is 8.93. The van der Waals surface area contributed by atoms with E-state index in [-0.39, 0.29) is 0 Å². The molecular formula is C32H29N. The van der Waals surface area contributed by atoms with Gasteiger partial charge in [-0.2, -0.15) is 0 Å². The smallest absolute Gasteiger partial charge is 0.0715 e. The highest BCUT2D eigenvalue weighted by Crippen LogP contribution is 2.43. The molecule has 0 unspecified atom stereocenters. The highest BCUT2D eigenvalue weighted by atomic mass is 14.7. The van der Waals surface area contributed by atoms with Gasteiger partial charge in [-0.1, -0.05) is 98.8 Å². The quantitative estimate of drug-likeness (QED) is 0.279. The molecule has 0 radical (unpaired) electrons. The lowest BCUT2D eigenvalue weighted by Crippen LogP contribution is -1.91. The molecule has 2 aliphatic rings. The molecule has 5 rings (SSSR count). The van der Waals surface area contributed by atoms with Gasteiger partial charge in [0.15, 0.2) is 0 Å². The molecule has 0 N–H and O–H groups in total. The molecule has 0 aliphatic heterocycles. The van der Waals surface area contributed by atoms with E-state index in [0.717, 1.165) is 22.5 Å². The number of aromatic nitrogens is 1. The standard InChI is InChI=1S/C32H29N/c1-21(2)26-16-15-22(3)32-28(18-26)23(4)17-29(32)27-19-30(24-11-7-5-8-12-24)33-31(20-27)25-13-9-6-10-14-25/h5-21H,1-4H3. The van der Waals surface area contributed by atoms with Gasteiger partial charge in [-0.3, -0.25) is 0 Å². The Morgan fingerprint density at radius 2 is 1.12 bits per heavy atom. The largest absolute Gasteiger partial charge is 0.248 e. The summed E-state index contributed by atoms with van der Waals surface area (Å²) in [4.78, 5) is 5.06. The number of fused-ring (bicyclic) bond motifs is 1. The number of hydrogen-bond acceptors (Lipinski definition) is 1. The maximum absolute atomic E-state index is 5.06. The molecule has 1 heteroatoms. The third kappa shape index (κ3) is 4.07. The maximum Gasteiger partial charge on any atom is 0.0715 e. The Kier molecular flexibility index (Phi) is 5.56. The Hall–Kier alpha value is -3.71. The third-order valence-electron chi connectivity index (χ3n) is 6.50. The molecule has 0 saturated carbocycles. The first kappa shape index (κ1) is 21.2. The fraction of sp³-hybridized carbons (Fsp3) is 0.156. The number of rotatable bonds is 4. The Morgan fingerprint density at radius 1 is 0.545 bits per heavy atom. The lowest BCUT2D eigenvalue weighted by molar-refractivity contribution is 0.868. The van der Waals surface area contributed by atoms with E-state index >= 15 is 0 Å². The second-order valence-corrected chi connectivity index (χ2v) is 9.20. The molecule has 1 aromatic heterocycles. The first-order valence-corrected chi connectivity index (χ1v) is 11.7. The SMILES string of the molecule is Cc1cc(-c2cc(-c3ccccc3)nc(-c3ccccc3)c2)c2c(C)ccc(C(C)C)cc1-2. The second kappa shape index (κ2) is 8.67. The van der Waals surface area contributed by atoms with Crippen molar-refractivity contribution in [2.45, 2.75) is 33.6 Å². The van der Waals surface area contributed by atoms with Gasteiger partial charge in [0.05, 0.1) is 11.4 Å². The predicted molar refractivity (Wildman–Crippen MR) is 141 cm³/mol. The van der Waals surface area contributed by atoms with Crippen molar-refractivity contribution < 1.29 is 0 Å². The Balaban J connectivity index is 1.76. The van der Waals surface area contributed by atoms with Gasteiger partial charge in [-0.25, -0.2) is 4.98 Å². The van der Waals surface area contributed by atoms with Crippen molar-refractivity contribution in [3.63, 3.8) is 0 Å². The number of aryl methyl sites for hydroxylation is 2. The van der Waals surface area contributed by atoms with Gasteiger partial charge in [0.1, 0.15) is 0 Å². The number of nitrogens with zero attached hydrogens (tertiary/aromatic N) is 1. The molecule has 2 aliphatic carbocycles. The molecule has 1 heterocycles. The van der Waals surface area contributed by atoms with Crippen LogP contribution in [0.2, 0.25) is 0 Å². The zero-order valence-corrected chi connectivity index (χ0v) is 19.8. The molecule has 162 valence electrons. The van der Waals surface area contributed by atoms with Gasteiger partial charge < -0.3 is 0 Å². The first-order valence-electron chi connectivity index (χ1n) is 11.7. The Labute approximate surface area is 197 Å². The highest BCUT2D eigenvalue weighted by Gasteiger charge is 2.19. The van der Waals surface area contributed by atoms with Crippen LogP contribution in [0.1, 0.15) is 36.5 Å². The molecule has 0 amide bonds. The van der Waals surface area contributed by atoms with Gasteiger partial charge in [0.25, 0.3) is 0 Å². The van der Waals surface area contributed by atoms with Crippen molar-refractivity contribution in [3.8, 4) is 44.8 Å². The van der Waals surface area contributed by atoms with E-state index in [1.54, 1.807) is 0 Å². The fourth-order valence-electron chi connectivity index (χ4n) is 4.63. The summed E-state index contributed by atoms with van der Waals surface area (Å²) in [5, 5.41) is 0. The number of hydrogen-bond donors (Lipinski definition) is 0. The van der Waals surface area contributed by atoms with E-state index in [9.17, 15) is 0 Å². The molecule has 1 nitrogen and oxygen atoms in total. The van der Waals surface area contributed by atoms with Crippen LogP contribution < -0.4 is 0 Å². The summed E-state index contributed by atoms with van der Waals surface area (Å²) < 4.78 is 0. The molecule has 3 aromatic rings. The van der Waals surface area contributed by atoms with E-state index in [1.165, 1.54) is 38.9 Å². The van der Waals surface area contributed by atoms with Crippen molar-refractivity contribution in [1.82, 2.24) is 4.98 Å². The zero-order valence-electron chi connectivity index (χ0n) is 19.8. The summed E-state index contributed by atoms with van der Waals surface area (Å²) in [6.45, 7) is 8.98. The van der Waals surface area contributed by atoms with Crippen LogP contribution in [0.3, 0.4) is 0 Å². The van der Waals surface area contributed by atoms with Crippen molar-refractivity contribution in [2.75, 3.05) is 0 Å². The summed E-state index contributed by atoms with van der Waals surface area (Å²) in [5.74, 6) is 0.494. The summed E-state index contributed by atoms with van der Waals surface area (Å²) in [7, 11) is 0. The van der Waals surface area contributed by atoms with Crippen LogP contribution in [0.5, 0.6) is 0 Å². The molecule has 0 fully saturated rings. The normalized spacial score (nSPS) is 11.3. The van der Waals surface area contributed by atoms with Gasteiger partial charge in [-0.05, 0) is 70.8 Å². The highest BCUT2D eigenvalue weighted by molar-refractivity contribution is 5.92. The van der Waals surface area contributed by atoms with Crippen LogP contribution in [0.15, 0.2) is 97.1 Å². The lowest BCUT2D eigenvalue weighted by Gasteiger charge is -2.11. The lowest BCUT2D eigenvalue weighted by atomic mass is 9.96. The van der Waals surface area contributed by atoms with E-state index in [2.05, 4.69) is 125 Å². The summed E-state index contributed by atoms with van der Waals surface area (Å²) in [6, 6.07) is 34.7. The molecule has 33 heavy (non-hydrogen) atoms. The molecular weight excluding hydrogens is 398 g/mol. The molecule has 0 bridgehead atoms. The van der Waals surface area contributed by atoms with Gasteiger partial charge in [-0.15, -0.1) is 0 Å². The van der Waals surface area contributed by atoms with Crippen LogP contribution >= 0.6 is 0 Å². The topological polar surface area (TPSA) is 12.9 Å². The minimum absolute atomic E-state index is 0.494. The number of pyridine rings is 1. The van der Waals surface area contributed by atoms with E-state index < -0.39 is 0 Å². The van der Waals surface area contributed by atoms with Gasteiger partial charge >= 0.3 is 0 Å². The van der Waals surface area contributed by atoms with Crippen LogP contribution in [0.25, 0.3) is 44.8 Å². The van der Waals surface area contributed by atoms with Crippen molar-refractivity contribution in [1.29, 1.82) is 0 Å².